The molecule has 0 heterocycles. The van der Waals surface area contributed by atoms with Gasteiger partial charge in [0, 0.05) is 0 Å². The van der Waals surface area contributed by atoms with E-state index in [9.17, 15) is 8.63 Å². The molecule has 0 aromatic rings. The Morgan fingerprint density at radius 1 is 1.00 bits per heavy atom. The zero-order chi connectivity index (χ0) is 3.41. The number of rotatable bonds is 0. The van der Waals surface area contributed by atoms with Crippen molar-refractivity contribution in [3.8, 4) is 0 Å². The van der Waals surface area contributed by atoms with Crippen molar-refractivity contribution < 1.29 is 8.63 Å². The third-order valence-corrected chi connectivity index (χ3v) is 0.0476. The van der Waals surface area contributed by atoms with E-state index >= 15 is 0 Å². The summed E-state index contributed by atoms with van der Waals surface area (Å²) < 4.78 is 20.3. The number of hydrogen-bond donors (Lipinski definition) is 0. The fraction of sp³-hybridized carbons (Fsp3) is 0. The molecule has 0 saturated heterocycles. The summed E-state index contributed by atoms with van der Waals surface area (Å²) in [7, 11) is -0.333. The quantitative estimate of drug-likeness (QED) is 0.347. The van der Waals surface area contributed by atoms with Crippen molar-refractivity contribution in [3.63, 3.8) is 0 Å². The zero-order valence-electron chi connectivity index (χ0n) is 1.91. The van der Waals surface area contributed by atoms with Crippen LogP contribution in [0.5, 0.6) is 0 Å². The van der Waals surface area contributed by atoms with Gasteiger partial charge in [0.1, 0.15) is 0 Å². The molecular weight excluding hydrogens is 59.6 g/mol. The third kappa shape index (κ3) is 1.99. The normalized spacial score (nSPS) is 5.50. The Morgan fingerprint density at radius 3 is 1.25 bits per heavy atom. The van der Waals surface area contributed by atoms with Gasteiger partial charge < -0.3 is 0 Å². The second-order valence-corrected chi connectivity index (χ2v) is 0.252. The molecule has 0 nitrogen and oxygen atoms in total. The molecule has 4 heteroatoms. The average molecular weight is 59.6 g/mol. The molecule has 0 aromatic carbocycles. The molecule has 0 rings (SSSR count). The zero-order valence-corrected chi connectivity index (χ0v) is 1.91. The summed E-state index contributed by atoms with van der Waals surface area (Å²) in [5.41, 5.74) is 0. The topological polar surface area (TPSA) is 0 Å². The molecule has 4 heavy (non-hydrogen) atoms. The van der Waals surface area contributed by atoms with Crippen LogP contribution in [0.4, 0.5) is 8.63 Å². The summed E-state index contributed by atoms with van der Waals surface area (Å²) in [4.78, 5) is 0. The van der Waals surface area contributed by atoms with Crippen LogP contribution in [-0.4, -0.2) is 14.2 Å². The maximum atomic E-state index is 10.2. The molecule has 0 atom stereocenters. The Morgan fingerprint density at radius 2 is 1.25 bits per heavy atom. The molecular formula is B2F2. The van der Waals surface area contributed by atoms with E-state index in [4.69, 9.17) is 0 Å². The third-order valence-electron chi connectivity index (χ3n) is 0.0476. The Bertz CT molecular complexity index is 19.2. The first-order valence-electron chi connectivity index (χ1n) is 0.770. The summed E-state index contributed by atoms with van der Waals surface area (Å²) in [5, 5.41) is 0. The summed E-state index contributed by atoms with van der Waals surface area (Å²) in [5.74, 6) is 0. The summed E-state index contributed by atoms with van der Waals surface area (Å²) >= 11 is 0. The standard InChI is InChI=1S/B2F2/c3-1-2-4. The van der Waals surface area contributed by atoms with Gasteiger partial charge in [0.25, 0.3) is 0 Å². The van der Waals surface area contributed by atoms with Gasteiger partial charge in [-0.3, -0.25) is 0 Å². The van der Waals surface area contributed by atoms with E-state index in [0.717, 1.165) is 0 Å². The minimum atomic E-state index is -0.167. The van der Waals surface area contributed by atoms with Gasteiger partial charge in [0.05, 0.1) is 0 Å². The first kappa shape index (κ1) is 3.99. The molecule has 0 spiro atoms. The predicted molar refractivity (Wildman–Crippen MR) is 13.7 cm³/mol. The fourth-order valence-corrected chi connectivity index (χ4v) is 0. The molecule has 0 radical (unpaired) electrons. The Kier molecular flexibility index (Phi) is 2.98. The molecule has 0 saturated carbocycles. The Hall–Kier alpha value is -0.0101. The van der Waals surface area contributed by atoms with Gasteiger partial charge in [-0.1, -0.05) is 0 Å². The predicted octanol–water partition coefficient (Wildman–Crippen LogP) is 0.0788. The van der Waals surface area contributed by atoms with Gasteiger partial charge in [-0.05, 0) is 0 Å². The van der Waals surface area contributed by atoms with E-state index in [-0.39, 0.29) is 14.2 Å². The summed E-state index contributed by atoms with van der Waals surface area (Å²) in [6, 6.07) is 0. The second-order valence-electron chi connectivity index (χ2n) is 0.252. The van der Waals surface area contributed by atoms with Gasteiger partial charge in [0.15, 0.2) is 0 Å². The molecule has 0 bridgehead atoms. The van der Waals surface area contributed by atoms with Crippen LogP contribution in [0.3, 0.4) is 0 Å². The van der Waals surface area contributed by atoms with E-state index in [0.29, 0.717) is 0 Å². The van der Waals surface area contributed by atoms with Gasteiger partial charge in [-0.2, -0.15) is 0 Å². The minimum absolute atomic E-state index is 0.167. The van der Waals surface area contributed by atoms with Crippen LogP contribution in [-0.2, 0) is 0 Å². The number of hydrogen-bond acceptors (Lipinski definition) is 0. The molecule has 0 aromatic heterocycles. The molecule has 0 aliphatic heterocycles. The van der Waals surface area contributed by atoms with Crippen molar-refractivity contribution in [2.75, 3.05) is 0 Å². The summed E-state index contributed by atoms with van der Waals surface area (Å²) in [6.07, 6.45) is 0. The van der Waals surface area contributed by atoms with Gasteiger partial charge in [-0.25, -0.2) is 0 Å². The van der Waals surface area contributed by atoms with Gasteiger partial charge in [0.2, 0.25) is 0 Å². The van der Waals surface area contributed by atoms with Crippen LogP contribution in [0.2, 0.25) is 0 Å². The maximum absolute atomic E-state index is 10.2. The molecule has 0 aliphatic rings. The van der Waals surface area contributed by atoms with Crippen LogP contribution < -0.4 is 0 Å². The molecule has 0 unspecified atom stereocenters. The Balaban J connectivity index is 2.55. The van der Waals surface area contributed by atoms with E-state index in [1.807, 2.05) is 0 Å². The van der Waals surface area contributed by atoms with E-state index in [1.54, 1.807) is 0 Å². The van der Waals surface area contributed by atoms with Crippen molar-refractivity contribution in [3.05, 3.63) is 0 Å². The van der Waals surface area contributed by atoms with E-state index < -0.39 is 0 Å². The second kappa shape index (κ2) is 2.99. The monoisotopic (exact) mass is 60.0 g/mol. The van der Waals surface area contributed by atoms with Crippen LogP contribution in [0, 0.1) is 0 Å². The molecule has 0 aliphatic carbocycles. The van der Waals surface area contributed by atoms with Crippen LogP contribution in [0.1, 0.15) is 0 Å². The van der Waals surface area contributed by atoms with Gasteiger partial charge >= 0.3 is 22.8 Å². The molecule has 20 valence electrons. The van der Waals surface area contributed by atoms with Crippen molar-refractivity contribution in [2.45, 2.75) is 0 Å². The van der Waals surface area contributed by atoms with E-state index in [1.165, 1.54) is 0 Å². The van der Waals surface area contributed by atoms with Crippen molar-refractivity contribution in [2.24, 2.45) is 0 Å². The number of halogens is 2. The van der Waals surface area contributed by atoms with Gasteiger partial charge in [-0.15, -0.1) is 0 Å². The first-order valence-corrected chi connectivity index (χ1v) is 0.770. The van der Waals surface area contributed by atoms with Crippen molar-refractivity contribution >= 4 is 14.2 Å². The first-order chi connectivity index (χ1) is 1.91. The van der Waals surface area contributed by atoms with Crippen molar-refractivity contribution in [1.29, 1.82) is 0 Å². The van der Waals surface area contributed by atoms with Crippen LogP contribution >= 0.6 is 0 Å². The molecule has 0 amide bonds. The van der Waals surface area contributed by atoms with Crippen molar-refractivity contribution in [1.82, 2.24) is 0 Å². The Labute approximate surface area is 24.0 Å². The molecule has 0 fully saturated rings. The summed E-state index contributed by atoms with van der Waals surface area (Å²) in [6.45, 7) is 0. The fourth-order valence-electron chi connectivity index (χ4n) is 0. The van der Waals surface area contributed by atoms with Crippen LogP contribution in [0.15, 0.2) is 0 Å². The van der Waals surface area contributed by atoms with E-state index in [2.05, 4.69) is 0 Å². The molecule has 0 N–H and O–H groups in total. The SMILES string of the molecule is FB=BF. The average Bonchev–Trinajstić information content (AvgIpc) is 1.37. The van der Waals surface area contributed by atoms with Crippen LogP contribution in [0.25, 0.3) is 0 Å².